The minimum Gasteiger partial charge on any atom is -0.497 e. The van der Waals surface area contributed by atoms with Crippen molar-refractivity contribution in [2.45, 2.75) is 83.7 Å². The number of ether oxygens (including phenoxy) is 1. The van der Waals surface area contributed by atoms with Crippen molar-refractivity contribution < 1.29 is 20.1 Å². The zero-order valence-electron chi connectivity index (χ0n) is 24.7. The summed E-state index contributed by atoms with van der Waals surface area (Å²) in [6.45, 7) is 8.19. The Hall–Kier alpha value is -1.48. The third-order valence-electron chi connectivity index (χ3n) is 8.90. The van der Waals surface area contributed by atoms with Crippen molar-refractivity contribution in [2.24, 2.45) is 11.3 Å². The number of methoxy groups -OCH3 is 1. The molecule has 3 heterocycles. The number of aromatic nitrogens is 1. The van der Waals surface area contributed by atoms with E-state index in [1.807, 2.05) is 18.2 Å². The Morgan fingerprint density at radius 2 is 1.85 bits per heavy atom. The highest BCUT2D eigenvalue weighted by Gasteiger charge is 2.34. The van der Waals surface area contributed by atoms with Crippen molar-refractivity contribution in [2.75, 3.05) is 53.0 Å². The number of piperidine rings is 2. The van der Waals surface area contributed by atoms with Gasteiger partial charge in [0.1, 0.15) is 5.75 Å². The van der Waals surface area contributed by atoms with Crippen LogP contribution in [0.15, 0.2) is 24.4 Å². The highest BCUT2D eigenvalue weighted by atomic mass is 35.5. The van der Waals surface area contributed by atoms with Crippen LogP contribution in [0, 0.1) is 11.3 Å². The third-order valence-corrected chi connectivity index (χ3v) is 9.20. The van der Waals surface area contributed by atoms with Crippen LogP contribution >= 0.6 is 11.6 Å². The van der Waals surface area contributed by atoms with E-state index in [0.29, 0.717) is 35.3 Å². The molecule has 0 spiro atoms. The van der Waals surface area contributed by atoms with Gasteiger partial charge in [0.05, 0.1) is 23.8 Å². The summed E-state index contributed by atoms with van der Waals surface area (Å²) in [5.74, 6) is 1.29. The molecule has 2 aliphatic rings. The van der Waals surface area contributed by atoms with Crippen LogP contribution in [0.25, 0.3) is 10.9 Å². The summed E-state index contributed by atoms with van der Waals surface area (Å²) in [5, 5.41) is 34.5. The summed E-state index contributed by atoms with van der Waals surface area (Å²) in [4.78, 5) is 6.92. The van der Waals surface area contributed by atoms with Crippen molar-refractivity contribution >= 4 is 22.5 Å². The zero-order valence-corrected chi connectivity index (χ0v) is 25.5. The lowest BCUT2D eigenvalue weighted by atomic mass is 9.74. The highest BCUT2D eigenvalue weighted by Crippen LogP contribution is 2.40. The molecule has 2 aliphatic heterocycles. The fraction of sp³-hybridized carbons (Fsp3) is 0.719. The lowest BCUT2D eigenvalue weighted by molar-refractivity contribution is 0.0232. The predicted molar refractivity (Wildman–Crippen MR) is 164 cm³/mol. The van der Waals surface area contributed by atoms with Gasteiger partial charge in [-0.05, 0) is 107 Å². The number of benzene rings is 1. The number of rotatable bonds is 13. The van der Waals surface area contributed by atoms with Crippen LogP contribution < -0.4 is 10.1 Å². The molecule has 2 fully saturated rings. The van der Waals surface area contributed by atoms with Crippen LogP contribution in [0.4, 0.5) is 0 Å². The molecule has 1 atom stereocenters. The summed E-state index contributed by atoms with van der Waals surface area (Å²) in [7, 11) is 1.62. The lowest BCUT2D eigenvalue weighted by Gasteiger charge is -2.41. The van der Waals surface area contributed by atoms with Crippen molar-refractivity contribution in [1.29, 1.82) is 0 Å². The van der Waals surface area contributed by atoms with Crippen molar-refractivity contribution in [1.82, 2.24) is 15.2 Å². The first-order valence-corrected chi connectivity index (χ1v) is 15.8. The normalized spacial score (nSPS) is 18.8. The minimum absolute atomic E-state index is 0.118. The van der Waals surface area contributed by atoms with Gasteiger partial charge in [-0.3, -0.25) is 4.98 Å². The number of hydrogen-bond acceptors (Lipinski definition) is 7. The van der Waals surface area contributed by atoms with Crippen LogP contribution in [-0.4, -0.2) is 78.3 Å². The first kappa shape index (κ1) is 33.0. The second-order valence-electron chi connectivity index (χ2n) is 11.7. The molecule has 0 aliphatic carbocycles. The molecular formula is C32H52ClN3O4. The number of nitrogens with one attached hydrogen (secondary N) is 1. The van der Waals surface area contributed by atoms with Gasteiger partial charge in [-0.15, -0.1) is 0 Å². The van der Waals surface area contributed by atoms with Crippen LogP contribution in [0.2, 0.25) is 5.02 Å². The van der Waals surface area contributed by atoms with Crippen molar-refractivity contribution in [3.8, 4) is 5.75 Å². The van der Waals surface area contributed by atoms with E-state index < -0.39 is 6.10 Å². The van der Waals surface area contributed by atoms with Gasteiger partial charge in [0, 0.05) is 30.4 Å². The molecule has 8 heteroatoms. The molecule has 4 rings (SSSR count). The molecule has 0 amide bonds. The molecule has 1 aromatic heterocycles. The number of nitrogens with zero attached hydrogens (tertiary/aromatic N) is 2. The second kappa shape index (κ2) is 17.5. The first-order chi connectivity index (χ1) is 19.4. The lowest BCUT2D eigenvalue weighted by Crippen LogP contribution is -2.42. The molecule has 0 bridgehead atoms. The molecule has 0 saturated carbocycles. The molecule has 0 radical (unpaired) electrons. The second-order valence-corrected chi connectivity index (χ2v) is 12.2. The number of fused-ring (bicyclic) bond motifs is 1. The minimum atomic E-state index is -0.708. The van der Waals surface area contributed by atoms with Gasteiger partial charge in [0.25, 0.3) is 0 Å². The summed E-state index contributed by atoms with van der Waals surface area (Å²) in [6, 6.07) is 5.62. The molecule has 7 nitrogen and oxygen atoms in total. The largest absolute Gasteiger partial charge is 0.497 e. The smallest absolute Gasteiger partial charge is 0.119 e. The van der Waals surface area contributed by atoms with Crippen molar-refractivity contribution in [3.05, 3.63) is 35.0 Å². The number of pyridine rings is 1. The third kappa shape index (κ3) is 9.81. The topological polar surface area (TPSA) is 98.1 Å². The zero-order chi connectivity index (χ0) is 28.8. The van der Waals surface area contributed by atoms with E-state index in [1.165, 1.54) is 32.1 Å². The Balaban J connectivity index is 0.000000472. The maximum atomic E-state index is 11.1. The van der Waals surface area contributed by atoms with E-state index in [2.05, 4.69) is 22.1 Å². The van der Waals surface area contributed by atoms with E-state index in [9.17, 15) is 10.2 Å². The summed E-state index contributed by atoms with van der Waals surface area (Å²) >= 11 is 6.46. The fourth-order valence-corrected chi connectivity index (χ4v) is 6.24. The highest BCUT2D eigenvalue weighted by molar-refractivity contribution is 6.32. The van der Waals surface area contributed by atoms with Gasteiger partial charge >= 0.3 is 0 Å². The van der Waals surface area contributed by atoms with Gasteiger partial charge in [0.15, 0.2) is 0 Å². The van der Waals surface area contributed by atoms with Crippen molar-refractivity contribution in [3.63, 3.8) is 0 Å². The van der Waals surface area contributed by atoms with Crippen LogP contribution in [0.3, 0.4) is 0 Å². The van der Waals surface area contributed by atoms with E-state index in [4.69, 9.17) is 21.4 Å². The van der Waals surface area contributed by atoms with E-state index in [0.717, 1.165) is 75.7 Å². The van der Waals surface area contributed by atoms with Gasteiger partial charge in [-0.1, -0.05) is 44.2 Å². The number of likely N-dealkylation sites (tertiary alicyclic amines) is 1. The number of halogens is 1. The summed E-state index contributed by atoms with van der Waals surface area (Å²) in [5.41, 5.74) is 1.37. The molecule has 2 aromatic rings. The van der Waals surface area contributed by atoms with E-state index >= 15 is 0 Å². The van der Waals surface area contributed by atoms with Crippen LogP contribution in [0.5, 0.6) is 5.75 Å². The van der Waals surface area contributed by atoms with Gasteiger partial charge in [-0.2, -0.15) is 0 Å². The average Bonchev–Trinajstić information content (AvgIpc) is 3.00. The molecule has 226 valence electrons. The van der Waals surface area contributed by atoms with Gasteiger partial charge in [0.2, 0.25) is 0 Å². The Morgan fingerprint density at radius 3 is 2.48 bits per heavy atom. The predicted octanol–water partition coefficient (Wildman–Crippen LogP) is 5.73. The number of aliphatic hydroxyl groups is 3. The maximum Gasteiger partial charge on any atom is 0.119 e. The summed E-state index contributed by atoms with van der Waals surface area (Å²) < 4.78 is 5.35. The molecule has 2 saturated heterocycles. The molecular weight excluding hydrogens is 526 g/mol. The Kier molecular flexibility index (Phi) is 14.4. The number of unbranched alkanes of at least 4 members (excludes halogenated alkanes) is 4. The quantitative estimate of drug-likeness (QED) is 0.226. The Bertz CT molecular complexity index is 994. The van der Waals surface area contributed by atoms with E-state index in [1.54, 1.807) is 13.3 Å². The number of hydrogen-bond donors (Lipinski definition) is 4. The average molecular weight is 578 g/mol. The molecule has 4 N–H and O–H groups in total. The molecule has 40 heavy (non-hydrogen) atoms. The number of aliphatic hydroxyl groups excluding tert-OH is 3. The molecule has 1 aromatic carbocycles. The monoisotopic (exact) mass is 577 g/mol. The van der Waals surface area contributed by atoms with E-state index in [-0.39, 0.29) is 12.0 Å². The fourth-order valence-electron chi connectivity index (χ4n) is 5.96. The first-order valence-electron chi connectivity index (χ1n) is 15.4. The standard InChI is InChI=1S/C26H39ClN2O3.C6H13NO/c1-3-4-5-6-7-14-29-15-12-26(19-30,13-16-29)11-10-24(31)25-21-17-20(32-2)8-9-23(21)28-18-22(25)27;8-5-6-1-3-7-4-2-6/h8-9,17-18,24,30-31H,3-7,10-16,19H2,1-2H3;6-8H,1-5H2. The summed E-state index contributed by atoms with van der Waals surface area (Å²) in [6.07, 6.45) is 13.0. The Labute approximate surface area is 246 Å². The van der Waals surface area contributed by atoms with Gasteiger partial charge in [-0.25, -0.2) is 0 Å². The maximum absolute atomic E-state index is 11.1. The SMILES string of the molecule is CCCCCCCN1CCC(CO)(CCC(O)c2c(Cl)cnc3ccc(OC)cc23)CC1.OCC1CCNCC1. The Morgan fingerprint density at radius 1 is 1.12 bits per heavy atom. The molecule has 1 unspecified atom stereocenters. The van der Waals surface area contributed by atoms with Crippen LogP contribution in [-0.2, 0) is 0 Å². The van der Waals surface area contributed by atoms with Crippen LogP contribution in [0.1, 0.15) is 89.2 Å². The van der Waals surface area contributed by atoms with Gasteiger partial charge < -0.3 is 30.3 Å².